The first-order valence-corrected chi connectivity index (χ1v) is 5.04. The van der Waals surface area contributed by atoms with Crippen LogP contribution in [0.4, 0.5) is 0 Å². The van der Waals surface area contributed by atoms with Crippen molar-refractivity contribution in [2.45, 2.75) is 32.8 Å². The molecule has 0 saturated carbocycles. The highest BCUT2D eigenvalue weighted by Crippen LogP contribution is 2.10. The van der Waals surface area contributed by atoms with Gasteiger partial charge in [-0.15, -0.1) is 13.2 Å². The van der Waals surface area contributed by atoms with Crippen LogP contribution < -0.4 is 0 Å². The van der Waals surface area contributed by atoms with Gasteiger partial charge in [-0.3, -0.25) is 0 Å². The summed E-state index contributed by atoms with van der Waals surface area (Å²) in [7, 11) is 3.96. The van der Waals surface area contributed by atoms with Crippen LogP contribution in [-0.2, 0) is 4.74 Å². The maximum Gasteiger partial charge on any atom is 0.0595 e. The molecule has 80 valence electrons. The Kier molecular flexibility index (Phi) is 13.6. The average molecular weight is 187 g/mol. The monoisotopic (exact) mass is 187 g/mol. The molecule has 0 spiro atoms. The number of rotatable bonds is 1. The first kappa shape index (κ1) is 15.1. The Balaban J connectivity index is 0. The summed E-state index contributed by atoms with van der Waals surface area (Å²) in [6.07, 6.45) is 2.93. The average Bonchev–Trinajstić information content (AvgIpc) is 2.25. The van der Waals surface area contributed by atoms with Crippen molar-refractivity contribution in [2.75, 3.05) is 27.2 Å². The molecule has 1 aliphatic rings. The van der Waals surface area contributed by atoms with E-state index in [0.29, 0.717) is 6.10 Å². The summed E-state index contributed by atoms with van der Waals surface area (Å²) in [4.78, 5) is 2.34. The minimum atomic E-state index is 0.529. The summed E-state index contributed by atoms with van der Waals surface area (Å²) in [6, 6.07) is 0. The van der Waals surface area contributed by atoms with E-state index in [1.54, 1.807) is 7.11 Å². The zero-order valence-corrected chi connectivity index (χ0v) is 9.68. The van der Waals surface area contributed by atoms with E-state index in [-0.39, 0.29) is 0 Å². The Morgan fingerprint density at radius 3 is 1.85 bits per heavy atom. The molecule has 1 fully saturated rings. The van der Waals surface area contributed by atoms with E-state index in [1.807, 2.05) is 13.8 Å². The van der Waals surface area contributed by atoms with Gasteiger partial charge in [0.1, 0.15) is 0 Å². The quantitative estimate of drug-likeness (QED) is 0.585. The van der Waals surface area contributed by atoms with Crippen LogP contribution >= 0.6 is 0 Å². The summed E-state index contributed by atoms with van der Waals surface area (Å²) in [5.41, 5.74) is 0. The fourth-order valence-electron chi connectivity index (χ4n) is 1.22. The molecule has 2 nitrogen and oxygen atoms in total. The second-order valence-electron chi connectivity index (χ2n) is 2.74. The smallest absolute Gasteiger partial charge is 0.0595 e. The third kappa shape index (κ3) is 8.00. The molecule has 0 bridgehead atoms. The lowest BCUT2D eigenvalue weighted by Gasteiger charge is -2.27. The summed E-state index contributed by atoms with van der Waals surface area (Å²) >= 11 is 0. The summed E-state index contributed by atoms with van der Waals surface area (Å²) in [6.45, 7) is 12.4. The predicted molar refractivity (Wildman–Crippen MR) is 60.1 cm³/mol. The molecule has 1 heterocycles. The van der Waals surface area contributed by atoms with Gasteiger partial charge in [0.15, 0.2) is 0 Å². The Morgan fingerprint density at radius 2 is 1.54 bits per heavy atom. The normalized spacial score (nSPS) is 17.8. The maximum atomic E-state index is 5.21. The van der Waals surface area contributed by atoms with Crippen LogP contribution in [0, 0.1) is 0 Å². The molecule has 1 aliphatic heterocycles. The number of piperidine rings is 1. The highest BCUT2D eigenvalue weighted by Gasteiger charge is 2.14. The predicted octanol–water partition coefficient (Wildman–Crippen LogP) is 2.56. The summed E-state index contributed by atoms with van der Waals surface area (Å²) in [5.74, 6) is 0. The second kappa shape index (κ2) is 11.7. The van der Waals surface area contributed by atoms with Gasteiger partial charge in [0.2, 0.25) is 0 Å². The second-order valence-corrected chi connectivity index (χ2v) is 2.74. The van der Waals surface area contributed by atoms with Crippen LogP contribution in [0.2, 0.25) is 0 Å². The van der Waals surface area contributed by atoms with Crippen molar-refractivity contribution in [1.82, 2.24) is 4.90 Å². The molecule has 2 heteroatoms. The molecule has 1 saturated heterocycles. The molecule has 0 aromatic heterocycles. The van der Waals surface area contributed by atoms with Crippen molar-refractivity contribution < 1.29 is 4.74 Å². The van der Waals surface area contributed by atoms with Crippen molar-refractivity contribution in [1.29, 1.82) is 0 Å². The minimum Gasteiger partial charge on any atom is -0.381 e. The van der Waals surface area contributed by atoms with Gasteiger partial charge < -0.3 is 9.64 Å². The summed E-state index contributed by atoms with van der Waals surface area (Å²) in [5, 5.41) is 0. The molecule has 0 unspecified atom stereocenters. The van der Waals surface area contributed by atoms with Gasteiger partial charge in [-0.25, -0.2) is 0 Å². The SMILES string of the molecule is C=C.CC.COC1CCN(C)CC1. The number of nitrogens with zero attached hydrogens (tertiary/aromatic N) is 1. The largest absolute Gasteiger partial charge is 0.381 e. The molecule has 0 N–H and O–H groups in total. The fourth-order valence-corrected chi connectivity index (χ4v) is 1.22. The lowest BCUT2D eigenvalue weighted by molar-refractivity contribution is 0.0484. The Morgan fingerprint density at radius 1 is 1.15 bits per heavy atom. The number of ether oxygens (including phenoxy) is 1. The maximum absolute atomic E-state index is 5.21. The van der Waals surface area contributed by atoms with Gasteiger partial charge in [-0.1, -0.05) is 13.8 Å². The lowest BCUT2D eigenvalue weighted by Crippen LogP contribution is -2.33. The highest BCUT2D eigenvalue weighted by molar-refractivity contribution is 4.68. The molecule has 0 aliphatic carbocycles. The molecule has 0 amide bonds. The van der Waals surface area contributed by atoms with Gasteiger partial charge in [-0.2, -0.15) is 0 Å². The number of hydrogen-bond acceptors (Lipinski definition) is 2. The molecule has 0 atom stereocenters. The van der Waals surface area contributed by atoms with Gasteiger partial charge in [0.25, 0.3) is 0 Å². The van der Waals surface area contributed by atoms with E-state index in [9.17, 15) is 0 Å². The summed E-state index contributed by atoms with van der Waals surface area (Å²) < 4.78 is 5.21. The Labute approximate surface area is 83.6 Å². The van der Waals surface area contributed by atoms with Crippen LogP contribution in [0.5, 0.6) is 0 Å². The van der Waals surface area contributed by atoms with Crippen molar-refractivity contribution in [2.24, 2.45) is 0 Å². The van der Waals surface area contributed by atoms with Gasteiger partial charge in [-0.05, 0) is 19.9 Å². The Bertz CT molecular complexity index is 88.1. The molecule has 0 aromatic carbocycles. The van der Waals surface area contributed by atoms with E-state index >= 15 is 0 Å². The van der Waals surface area contributed by atoms with Crippen molar-refractivity contribution in [3.63, 3.8) is 0 Å². The standard InChI is InChI=1S/C7H15NO.C2H6.C2H4/c1-8-5-3-7(9-2)4-6-8;2*1-2/h7H,3-6H2,1-2H3;1-2H3;1-2H2. The van der Waals surface area contributed by atoms with Gasteiger partial charge in [0, 0.05) is 20.2 Å². The van der Waals surface area contributed by atoms with Crippen molar-refractivity contribution in [3.8, 4) is 0 Å². The van der Waals surface area contributed by atoms with E-state index in [2.05, 4.69) is 25.1 Å². The molecular weight excluding hydrogens is 162 g/mol. The number of methoxy groups -OCH3 is 1. The minimum absolute atomic E-state index is 0.529. The topological polar surface area (TPSA) is 12.5 Å². The van der Waals surface area contributed by atoms with Crippen LogP contribution in [-0.4, -0.2) is 38.3 Å². The third-order valence-corrected chi connectivity index (χ3v) is 2.00. The van der Waals surface area contributed by atoms with Crippen LogP contribution in [0.25, 0.3) is 0 Å². The molecule has 0 radical (unpaired) electrons. The molecular formula is C11H25NO. The molecule has 0 aromatic rings. The number of likely N-dealkylation sites (tertiary alicyclic amines) is 1. The Hall–Kier alpha value is -0.340. The van der Waals surface area contributed by atoms with Gasteiger partial charge in [0.05, 0.1) is 6.10 Å². The fraction of sp³-hybridized carbons (Fsp3) is 0.818. The van der Waals surface area contributed by atoms with Crippen molar-refractivity contribution in [3.05, 3.63) is 13.2 Å². The first-order chi connectivity index (χ1) is 6.33. The van der Waals surface area contributed by atoms with E-state index in [1.165, 1.54) is 25.9 Å². The number of hydrogen-bond donors (Lipinski definition) is 0. The molecule has 13 heavy (non-hydrogen) atoms. The highest BCUT2D eigenvalue weighted by atomic mass is 16.5. The van der Waals surface area contributed by atoms with Crippen LogP contribution in [0.1, 0.15) is 26.7 Å². The molecule has 1 rings (SSSR count). The van der Waals surface area contributed by atoms with Crippen molar-refractivity contribution >= 4 is 0 Å². The first-order valence-electron chi connectivity index (χ1n) is 5.04. The zero-order valence-electron chi connectivity index (χ0n) is 9.68. The van der Waals surface area contributed by atoms with E-state index in [0.717, 1.165) is 0 Å². The van der Waals surface area contributed by atoms with E-state index < -0.39 is 0 Å². The van der Waals surface area contributed by atoms with Crippen LogP contribution in [0.3, 0.4) is 0 Å². The zero-order chi connectivity index (χ0) is 10.7. The third-order valence-electron chi connectivity index (χ3n) is 2.00. The van der Waals surface area contributed by atoms with E-state index in [4.69, 9.17) is 4.74 Å². The lowest BCUT2D eigenvalue weighted by atomic mass is 10.1. The van der Waals surface area contributed by atoms with Gasteiger partial charge >= 0.3 is 0 Å². The van der Waals surface area contributed by atoms with Crippen LogP contribution in [0.15, 0.2) is 13.2 Å².